The van der Waals surface area contributed by atoms with Crippen LogP contribution in [0.3, 0.4) is 0 Å². The zero-order valence-corrected chi connectivity index (χ0v) is 11.7. The Hall–Kier alpha value is -0.610. The van der Waals surface area contributed by atoms with Gasteiger partial charge in [0, 0.05) is 13.1 Å². The molecule has 0 spiro atoms. The predicted molar refractivity (Wildman–Crippen MR) is 68.9 cm³/mol. The molecule has 1 rings (SSSR count). The topological polar surface area (TPSA) is 41.6 Å². The van der Waals surface area contributed by atoms with Gasteiger partial charge in [0.15, 0.2) is 0 Å². The van der Waals surface area contributed by atoms with Gasteiger partial charge < -0.3 is 15.0 Å². The maximum absolute atomic E-state index is 11.5. The van der Waals surface area contributed by atoms with Crippen molar-refractivity contribution in [3.63, 3.8) is 0 Å². The zero-order chi connectivity index (χ0) is 13.1. The fourth-order valence-electron chi connectivity index (χ4n) is 2.39. The lowest BCUT2D eigenvalue weighted by molar-refractivity contribution is -0.143. The van der Waals surface area contributed by atoms with E-state index in [1.165, 1.54) is 13.5 Å². The Balaban J connectivity index is 2.46. The molecular formula is C13H26N2O2. The monoisotopic (exact) mass is 242 g/mol. The van der Waals surface area contributed by atoms with E-state index in [1.54, 1.807) is 7.05 Å². The maximum Gasteiger partial charge on any atom is 0.324 e. The highest BCUT2D eigenvalue weighted by molar-refractivity contribution is 5.75. The number of hydrogen-bond donors (Lipinski definition) is 1. The van der Waals surface area contributed by atoms with Gasteiger partial charge in [-0.3, -0.25) is 4.79 Å². The molecule has 2 unspecified atom stereocenters. The minimum Gasteiger partial charge on any atom is -0.468 e. The zero-order valence-electron chi connectivity index (χ0n) is 11.7. The van der Waals surface area contributed by atoms with Crippen LogP contribution in [0.2, 0.25) is 0 Å². The van der Waals surface area contributed by atoms with Crippen LogP contribution in [-0.4, -0.2) is 50.7 Å². The van der Waals surface area contributed by atoms with E-state index in [2.05, 4.69) is 31.0 Å². The molecule has 0 aliphatic carbocycles. The molecule has 1 heterocycles. The summed E-state index contributed by atoms with van der Waals surface area (Å²) in [4.78, 5) is 13.9. The second-order valence-corrected chi connectivity index (χ2v) is 5.98. The first-order chi connectivity index (χ1) is 7.88. The molecule has 1 saturated heterocycles. The number of likely N-dealkylation sites (tertiary alicyclic amines) is 1. The van der Waals surface area contributed by atoms with Crippen molar-refractivity contribution < 1.29 is 9.53 Å². The molecule has 0 aromatic rings. The van der Waals surface area contributed by atoms with Gasteiger partial charge in [-0.25, -0.2) is 0 Å². The van der Waals surface area contributed by atoms with Gasteiger partial charge in [0.25, 0.3) is 0 Å². The largest absolute Gasteiger partial charge is 0.468 e. The van der Waals surface area contributed by atoms with Crippen LogP contribution in [0, 0.1) is 11.3 Å². The number of methoxy groups -OCH3 is 1. The van der Waals surface area contributed by atoms with Crippen LogP contribution in [0.15, 0.2) is 0 Å². The Morgan fingerprint density at radius 3 is 2.59 bits per heavy atom. The van der Waals surface area contributed by atoms with Gasteiger partial charge >= 0.3 is 5.97 Å². The Bertz CT molecular complexity index is 261. The van der Waals surface area contributed by atoms with Crippen LogP contribution >= 0.6 is 0 Å². The molecule has 0 saturated carbocycles. The van der Waals surface area contributed by atoms with E-state index in [-0.39, 0.29) is 12.0 Å². The van der Waals surface area contributed by atoms with Crippen LogP contribution in [0.25, 0.3) is 0 Å². The van der Waals surface area contributed by atoms with Crippen molar-refractivity contribution in [2.24, 2.45) is 11.3 Å². The summed E-state index contributed by atoms with van der Waals surface area (Å²) in [6.45, 7) is 9.77. The Morgan fingerprint density at radius 2 is 2.18 bits per heavy atom. The first kappa shape index (κ1) is 14.5. The molecule has 4 nitrogen and oxygen atoms in total. The molecule has 1 fully saturated rings. The smallest absolute Gasteiger partial charge is 0.324 e. The van der Waals surface area contributed by atoms with E-state index in [9.17, 15) is 4.79 Å². The number of carbonyl (C=O) groups excluding carboxylic acids is 1. The van der Waals surface area contributed by atoms with Crippen molar-refractivity contribution in [2.45, 2.75) is 33.2 Å². The van der Waals surface area contributed by atoms with Crippen LogP contribution in [-0.2, 0) is 9.53 Å². The van der Waals surface area contributed by atoms with Crippen molar-refractivity contribution in [3.8, 4) is 0 Å². The van der Waals surface area contributed by atoms with Crippen molar-refractivity contribution in [3.05, 3.63) is 0 Å². The number of rotatable bonds is 4. The van der Waals surface area contributed by atoms with E-state index in [4.69, 9.17) is 4.74 Å². The van der Waals surface area contributed by atoms with Gasteiger partial charge in [-0.1, -0.05) is 20.8 Å². The molecule has 2 atom stereocenters. The summed E-state index contributed by atoms with van der Waals surface area (Å²) >= 11 is 0. The van der Waals surface area contributed by atoms with Crippen molar-refractivity contribution >= 4 is 5.97 Å². The SMILES string of the molecule is CNC(CN1CCC(C(C)(C)C)C1)C(=O)OC. The molecule has 17 heavy (non-hydrogen) atoms. The molecule has 0 aromatic heterocycles. The lowest BCUT2D eigenvalue weighted by atomic mass is 9.80. The van der Waals surface area contributed by atoms with Crippen molar-refractivity contribution in [2.75, 3.05) is 33.8 Å². The molecule has 100 valence electrons. The third-order valence-electron chi connectivity index (χ3n) is 3.77. The number of nitrogens with zero attached hydrogens (tertiary/aromatic N) is 1. The normalized spacial score (nSPS) is 23.7. The van der Waals surface area contributed by atoms with E-state index < -0.39 is 0 Å². The Morgan fingerprint density at radius 1 is 1.53 bits per heavy atom. The summed E-state index contributed by atoms with van der Waals surface area (Å²) in [5, 5.41) is 3.02. The summed E-state index contributed by atoms with van der Waals surface area (Å²) in [7, 11) is 3.24. The van der Waals surface area contributed by atoms with Gasteiger partial charge in [-0.05, 0) is 31.3 Å². The third kappa shape index (κ3) is 3.96. The average molecular weight is 242 g/mol. The molecular weight excluding hydrogens is 216 g/mol. The van der Waals surface area contributed by atoms with Gasteiger partial charge in [-0.15, -0.1) is 0 Å². The fraction of sp³-hybridized carbons (Fsp3) is 0.923. The minimum absolute atomic E-state index is 0.174. The van der Waals surface area contributed by atoms with Gasteiger partial charge in [0.05, 0.1) is 7.11 Å². The predicted octanol–water partition coefficient (Wildman–Crippen LogP) is 1.12. The molecule has 0 aromatic carbocycles. The van der Waals surface area contributed by atoms with Crippen LogP contribution in [0.4, 0.5) is 0 Å². The third-order valence-corrected chi connectivity index (χ3v) is 3.77. The van der Waals surface area contributed by atoms with E-state index >= 15 is 0 Å². The van der Waals surface area contributed by atoms with Gasteiger partial charge in [0.1, 0.15) is 6.04 Å². The molecule has 1 aliphatic rings. The number of esters is 1. The highest BCUT2D eigenvalue weighted by atomic mass is 16.5. The van der Waals surface area contributed by atoms with E-state index in [0.717, 1.165) is 25.6 Å². The second kappa shape index (κ2) is 5.83. The number of nitrogens with one attached hydrogen (secondary N) is 1. The lowest BCUT2D eigenvalue weighted by Gasteiger charge is -2.28. The van der Waals surface area contributed by atoms with Crippen molar-refractivity contribution in [1.29, 1.82) is 0 Å². The van der Waals surface area contributed by atoms with E-state index in [1.807, 2.05) is 0 Å². The maximum atomic E-state index is 11.5. The molecule has 0 amide bonds. The first-order valence-corrected chi connectivity index (χ1v) is 6.36. The summed E-state index contributed by atoms with van der Waals surface area (Å²) < 4.78 is 4.78. The summed E-state index contributed by atoms with van der Waals surface area (Å²) in [5.41, 5.74) is 0.356. The van der Waals surface area contributed by atoms with Crippen LogP contribution in [0.5, 0.6) is 0 Å². The van der Waals surface area contributed by atoms with Crippen LogP contribution in [0.1, 0.15) is 27.2 Å². The first-order valence-electron chi connectivity index (χ1n) is 6.36. The highest BCUT2D eigenvalue weighted by Crippen LogP contribution is 2.33. The standard InChI is InChI=1S/C13H26N2O2/c1-13(2,3)10-6-7-15(8-10)9-11(14-4)12(16)17-5/h10-11,14H,6-9H2,1-5H3. The average Bonchev–Trinajstić information content (AvgIpc) is 2.73. The molecule has 1 N–H and O–H groups in total. The van der Waals surface area contributed by atoms with Gasteiger partial charge in [0.2, 0.25) is 0 Å². The lowest BCUT2D eigenvalue weighted by Crippen LogP contribution is -2.44. The number of likely N-dealkylation sites (N-methyl/N-ethyl adjacent to an activating group) is 1. The molecule has 0 bridgehead atoms. The quantitative estimate of drug-likeness (QED) is 0.750. The van der Waals surface area contributed by atoms with E-state index in [0.29, 0.717) is 5.41 Å². The number of carbonyl (C=O) groups is 1. The number of hydrogen-bond acceptors (Lipinski definition) is 4. The van der Waals surface area contributed by atoms with Crippen molar-refractivity contribution in [1.82, 2.24) is 10.2 Å². The second-order valence-electron chi connectivity index (χ2n) is 5.98. The summed E-state index contributed by atoms with van der Waals surface area (Å²) in [6, 6.07) is -0.210. The summed E-state index contributed by atoms with van der Waals surface area (Å²) in [6.07, 6.45) is 1.22. The fourth-order valence-corrected chi connectivity index (χ4v) is 2.39. The Labute approximate surface area is 105 Å². The van der Waals surface area contributed by atoms with Gasteiger partial charge in [-0.2, -0.15) is 0 Å². The molecule has 0 radical (unpaired) electrons. The Kier molecular flexibility index (Phi) is 4.95. The highest BCUT2D eigenvalue weighted by Gasteiger charge is 2.33. The summed E-state index contributed by atoms with van der Waals surface area (Å²) in [5.74, 6) is 0.546. The number of ether oxygens (including phenoxy) is 1. The molecule has 4 heteroatoms. The minimum atomic E-state index is -0.210. The van der Waals surface area contributed by atoms with Crippen LogP contribution < -0.4 is 5.32 Å². The molecule has 1 aliphatic heterocycles.